The molecule has 2 aromatic carbocycles. The molecular weight excluding hydrogens is 456 g/mol. The summed E-state index contributed by atoms with van der Waals surface area (Å²) in [6, 6.07) is 10.6. The molecule has 0 spiro atoms. The molecule has 34 heavy (non-hydrogen) atoms. The average molecular weight is 487 g/mol. The van der Waals surface area contributed by atoms with Crippen molar-refractivity contribution in [2.24, 2.45) is 0 Å². The first kappa shape index (κ1) is 25.6. The molecule has 1 N–H and O–H groups in total. The Bertz CT molecular complexity index is 1060. The number of halogens is 1. The van der Waals surface area contributed by atoms with E-state index in [4.69, 9.17) is 21.1 Å². The number of quaternary nitrogens is 1. The molecule has 8 heteroatoms. The van der Waals surface area contributed by atoms with Crippen LogP contribution < -0.4 is 19.5 Å². The van der Waals surface area contributed by atoms with Gasteiger partial charge in [-0.05, 0) is 49.7 Å². The second-order valence-electron chi connectivity index (χ2n) is 8.15. The molecular formula is C26H31ClN2O5. The van der Waals surface area contributed by atoms with E-state index < -0.39 is 23.5 Å². The molecule has 1 unspecified atom stereocenters. The van der Waals surface area contributed by atoms with Crippen LogP contribution >= 0.6 is 11.6 Å². The number of amides is 1. The molecule has 0 saturated carbocycles. The zero-order valence-corrected chi connectivity index (χ0v) is 20.8. The second kappa shape index (κ2) is 11.4. The number of carbonyl (C=O) groups is 2. The quantitative estimate of drug-likeness (QED) is 0.315. The van der Waals surface area contributed by atoms with E-state index in [2.05, 4.69) is 13.8 Å². The molecule has 0 aromatic heterocycles. The minimum Gasteiger partial charge on any atom is -0.872 e. The van der Waals surface area contributed by atoms with Crippen molar-refractivity contribution in [3.05, 3.63) is 64.2 Å². The third-order valence-electron chi connectivity index (χ3n) is 6.30. The zero-order chi connectivity index (χ0) is 24.8. The summed E-state index contributed by atoms with van der Waals surface area (Å²) in [5.74, 6) is -0.962. The van der Waals surface area contributed by atoms with Crippen LogP contribution in [0.25, 0.3) is 5.76 Å². The Morgan fingerprint density at radius 2 is 1.74 bits per heavy atom. The SMILES string of the molecule is CC[NH+](CC)CCCN1C(=O)C(=O)/C(=C(/[O-])c2ccc(Cl)cc2)C1c1cc(OC)ccc1OC. The first-order valence-corrected chi connectivity index (χ1v) is 11.8. The lowest BCUT2D eigenvalue weighted by Crippen LogP contribution is -3.11. The molecule has 1 aliphatic heterocycles. The van der Waals surface area contributed by atoms with Crippen LogP contribution in [0.5, 0.6) is 11.5 Å². The van der Waals surface area contributed by atoms with Gasteiger partial charge in [0.15, 0.2) is 0 Å². The molecule has 1 saturated heterocycles. The molecule has 0 bridgehead atoms. The number of benzene rings is 2. The highest BCUT2D eigenvalue weighted by atomic mass is 35.5. The van der Waals surface area contributed by atoms with Gasteiger partial charge in [-0.1, -0.05) is 29.5 Å². The van der Waals surface area contributed by atoms with Crippen LogP contribution in [-0.2, 0) is 9.59 Å². The summed E-state index contributed by atoms with van der Waals surface area (Å²) in [4.78, 5) is 29.2. The van der Waals surface area contributed by atoms with E-state index in [1.165, 1.54) is 24.0 Å². The maximum atomic E-state index is 13.5. The van der Waals surface area contributed by atoms with E-state index >= 15 is 0 Å². The predicted molar refractivity (Wildman–Crippen MR) is 129 cm³/mol. The molecule has 1 fully saturated rings. The Morgan fingerprint density at radius 1 is 1.06 bits per heavy atom. The third-order valence-corrected chi connectivity index (χ3v) is 6.55. The van der Waals surface area contributed by atoms with E-state index in [9.17, 15) is 14.7 Å². The monoisotopic (exact) mass is 486 g/mol. The molecule has 1 aliphatic rings. The Hall–Kier alpha value is -3.03. The summed E-state index contributed by atoms with van der Waals surface area (Å²) < 4.78 is 10.9. The van der Waals surface area contributed by atoms with Gasteiger partial charge in [0.1, 0.15) is 11.5 Å². The van der Waals surface area contributed by atoms with Gasteiger partial charge in [-0.25, -0.2) is 0 Å². The summed E-state index contributed by atoms with van der Waals surface area (Å²) in [7, 11) is 3.04. The van der Waals surface area contributed by atoms with E-state index in [-0.39, 0.29) is 5.57 Å². The summed E-state index contributed by atoms with van der Waals surface area (Å²) in [6.45, 7) is 7.38. The average Bonchev–Trinajstić information content (AvgIpc) is 3.11. The number of hydrogen-bond donors (Lipinski definition) is 1. The lowest BCUT2D eigenvalue weighted by molar-refractivity contribution is -0.896. The first-order valence-electron chi connectivity index (χ1n) is 11.4. The maximum Gasteiger partial charge on any atom is 0.295 e. The smallest absolute Gasteiger partial charge is 0.295 e. The summed E-state index contributed by atoms with van der Waals surface area (Å²) >= 11 is 5.98. The fraction of sp³-hybridized carbons (Fsp3) is 0.385. The van der Waals surface area contributed by atoms with Crippen molar-refractivity contribution in [3.8, 4) is 11.5 Å². The lowest BCUT2D eigenvalue weighted by Gasteiger charge is -2.29. The van der Waals surface area contributed by atoms with Crippen molar-refractivity contribution < 1.29 is 29.1 Å². The molecule has 0 aliphatic carbocycles. The molecule has 1 amide bonds. The van der Waals surface area contributed by atoms with Gasteiger partial charge in [0.25, 0.3) is 5.91 Å². The third kappa shape index (κ3) is 5.21. The van der Waals surface area contributed by atoms with E-state index in [1.807, 2.05) is 0 Å². The number of methoxy groups -OCH3 is 2. The highest BCUT2D eigenvalue weighted by Gasteiger charge is 2.45. The highest BCUT2D eigenvalue weighted by Crippen LogP contribution is 2.43. The number of nitrogens with one attached hydrogen (secondary N) is 1. The van der Waals surface area contributed by atoms with Gasteiger partial charge in [0.2, 0.25) is 5.78 Å². The summed E-state index contributed by atoms with van der Waals surface area (Å²) in [6.07, 6.45) is 0.696. The van der Waals surface area contributed by atoms with Crippen LogP contribution in [0, 0.1) is 0 Å². The first-order chi connectivity index (χ1) is 16.4. The minimum atomic E-state index is -0.875. The molecule has 182 valence electrons. The number of carbonyl (C=O) groups excluding carboxylic acids is 2. The van der Waals surface area contributed by atoms with Gasteiger partial charge in [-0.15, -0.1) is 0 Å². The van der Waals surface area contributed by atoms with Crippen LogP contribution in [0.3, 0.4) is 0 Å². The number of hydrogen-bond acceptors (Lipinski definition) is 5. The summed E-state index contributed by atoms with van der Waals surface area (Å²) in [5.41, 5.74) is 0.740. The Morgan fingerprint density at radius 3 is 2.32 bits per heavy atom. The zero-order valence-electron chi connectivity index (χ0n) is 20.0. The van der Waals surface area contributed by atoms with Crippen molar-refractivity contribution in [1.82, 2.24) is 4.90 Å². The number of ketones is 1. The van der Waals surface area contributed by atoms with Crippen molar-refractivity contribution in [1.29, 1.82) is 0 Å². The van der Waals surface area contributed by atoms with E-state index in [0.29, 0.717) is 40.6 Å². The fourth-order valence-corrected chi connectivity index (χ4v) is 4.46. The van der Waals surface area contributed by atoms with Crippen molar-refractivity contribution in [2.45, 2.75) is 26.3 Å². The summed E-state index contributed by atoms with van der Waals surface area (Å²) in [5, 5.41) is 14.0. The van der Waals surface area contributed by atoms with Gasteiger partial charge in [-0.2, -0.15) is 0 Å². The molecule has 1 heterocycles. The van der Waals surface area contributed by atoms with Crippen LogP contribution in [0.2, 0.25) is 5.02 Å². The van der Waals surface area contributed by atoms with Crippen LogP contribution in [-0.4, -0.2) is 57.0 Å². The Labute approximate surface area is 205 Å². The van der Waals surface area contributed by atoms with Crippen LogP contribution in [0.1, 0.15) is 37.4 Å². The van der Waals surface area contributed by atoms with Gasteiger partial charge in [0, 0.05) is 29.1 Å². The number of rotatable bonds is 10. The number of nitrogens with zero attached hydrogens (tertiary/aromatic N) is 1. The second-order valence-corrected chi connectivity index (χ2v) is 8.58. The Balaban J connectivity index is 2.13. The molecule has 2 aromatic rings. The van der Waals surface area contributed by atoms with Crippen LogP contribution in [0.15, 0.2) is 48.0 Å². The van der Waals surface area contributed by atoms with Gasteiger partial charge in [-0.3, -0.25) is 9.59 Å². The van der Waals surface area contributed by atoms with E-state index in [1.54, 1.807) is 42.5 Å². The minimum absolute atomic E-state index is 0.0888. The van der Waals surface area contributed by atoms with Gasteiger partial charge >= 0.3 is 0 Å². The molecule has 0 radical (unpaired) electrons. The highest BCUT2D eigenvalue weighted by molar-refractivity contribution is 6.46. The largest absolute Gasteiger partial charge is 0.872 e. The molecule has 3 rings (SSSR count). The lowest BCUT2D eigenvalue weighted by atomic mass is 9.94. The van der Waals surface area contributed by atoms with Crippen molar-refractivity contribution >= 4 is 29.1 Å². The van der Waals surface area contributed by atoms with Crippen LogP contribution in [0.4, 0.5) is 0 Å². The topological polar surface area (TPSA) is 83.3 Å². The molecule has 7 nitrogen and oxygen atoms in total. The van der Waals surface area contributed by atoms with Gasteiger partial charge in [0.05, 0.1) is 39.9 Å². The number of Topliss-reactive ketones (excluding diaryl/α,β-unsaturated/α-hetero) is 1. The Kier molecular flexibility index (Phi) is 8.58. The molecule has 1 atom stereocenters. The van der Waals surface area contributed by atoms with Gasteiger partial charge < -0.3 is 24.4 Å². The standard InChI is InChI=1S/C26H31ClN2O5/c1-5-28(6-2)14-7-15-29-23(20-16-19(33-3)12-13-21(20)34-4)22(25(31)26(29)32)24(30)17-8-10-18(27)11-9-17/h8-13,16,23,30H,5-7,14-15H2,1-4H3/b24-22+. The van der Waals surface area contributed by atoms with E-state index in [0.717, 1.165) is 19.6 Å². The van der Waals surface area contributed by atoms with Crippen molar-refractivity contribution in [3.63, 3.8) is 0 Å². The number of ether oxygens (including phenoxy) is 2. The predicted octanol–water partition coefficient (Wildman–Crippen LogP) is 1.90. The van der Waals surface area contributed by atoms with Crippen molar-refractivity contribution in [2.75, 3.05) is 40.4 Å². The maximum absolute atomic E-state index is 13.5. The fourth-order valence-electron chi connectivity index (χ4n) is 4.34. The normalized spacial score (nSPS) is 17.5. The number of likely N-dealkylation sites (tertiary alicyclic amines) is 1.